The number of fused-ring (bicyclic) bond motifs is 9. The van der Waals surface area contributed by atoms with Crippen molar-refractivity contribution in [1.82, 2.24) is 9.55 Å². The third kappa shape index (κ3) is 5.07. The van der Waals surface area contributed by atoms with E-state index in [1.165, 1.54) is 49.3 Å². The number of rotatable bonds is 6. The Morgan fingerprint density at radius 3 is 2.03 bits per heavy atom. The zero-order valence-electron chi connectivity index (χ0n) is 33.3. The Kier molecular flexibility index (Phi) is 7.54. The van der Waals surface area contributed by atoms with E-state index in [1.54, 1.807) is 0 Å². The van der Waals surface area contributed by atoms with Crippen LogP contribution in [0.4, 0.5) is 17.1 Å². The molecule has 11 aromatic rings. The molecule has 12 rings (SSSR count). The Balaban J connectivity index is 1.20. The summed E-state index contributed by atoms with van der Waals surface area (Å²) in [7, 11) is 0. The van der Waals surface area contributed by atoms with Gasteiger partial charge in [-0.05, 0) is 88.3 Å². The Morgan fingerprint density at radius 2 is 1.18 bits per heavy atom. The van der Waals surface area contributed by atoms with Crippen molar-refractivity contribution < 1.29 is 4.42 Å². The first-order valence-electron chi connectivity index (χ1n) is 20.6. The molecule has 2 heterocycles. The van der Waals surface area contributed by atoms with Gasteiger partial charge in [0, 0.05) is 49.6 Å². The molecule has 1 aliphatic carbocycles. The SMILES string of the molecule is CC1(C)c2ccccc2-c2cc(N(c3ccccc3-c3cccc4nc(-c5ccccc5)oc34)c3cc4ccccc4c4c3c3ccccc3n4-c3ccccc3)ccc21. The van der Waals surface area contributed by atoms with E-state index in [4.69, 9.17) is 9.40 Å². The summed E-state index contributed by atoms with van der Waals surface area (Å²) < 4.78 is 9.16. The van der Waals surface area contributed by atoms with Crippen molar-refractivity contribution in [3.8, 4) is 39.4 Å². The molecule has 0 saturated heterocycles. The molecule has 0 atom stereocenters. The van der Waals surface area contributed by atoms with Crippen molar-refractivity contribution in [2.45, 2.75) is 19.3 Å². The Bertz CT molecular complexity index is 3470. The maximum absolute atomic E-state index is 6.71. The lowest BCUT2D eigenvalue weighted by Crippen LogP contribution is -2.15. The van der Waals surface area contributed by atoms with Crippen LogP contribution in [0.1, 0.15) is 25.0 Å². The van der Waals surface area contributed by atoms with Gasteiger partial charge in [0.1, 0.15) is 5.52 Å². The Morgan fingerprint density at radius 1 is 0.517 bits per heavy atom. The van der Waals surface area contributed by atoms with Gasteiger partial charge >= 0.3 is 0 Å². The van der Waals surface area contributed by atoms with Crippen LogP contribution in [0.3, 0.4) is 0 Å². The lowest BCUT2D eigenvalue weighted by Gasteiger charge is -2.30. The van der Waals surface area contributed by atoms with E-state index in [0.717, 1.165) is 56.1 Å². The molecular formula is C56H39N3O. The van der Waals surface area contributed by atoms with Gasteiger partial charge in [-0.1, -0.05) is 153 Å². The quantitative estimate of drug-likeness (QED) is 0.169. The molecule has 0 saturated carbocycles. The van der Waals surface area contributed by atoms with E-state index in [0.29, 0.717) is 5.89 Å². The number of oxazole rings is 1. The van der Waals surface area contributed by atoms with Crippen LogP contribution >= 0.6 is 0 Å². The summed E-state index contributed by atoms with van der Waals surface area (Å²) in [6.45, 7) is 4.69. The summed E-state index contributed by atoms with van der Waals surface area (Å²) in [4.78, 5) is 7.49. The molecule has 4 nitrogen and oxygen atoms in total. The first-order valence-corrected chi connectivity index (χ1v) is 20.6. The summed E-state index contributed by atoms with van der Waals surface area (Å²) >= 11 is 0. The molecule has 0 fully saturated rings. The third-order valence-electron chi connectivity index (χ3n) is 12.6. The highest BCUT2D eigenvalue weighted by atomic mass is 16.3. The highest BCUT2D eigenvalue weighted by Gasteiger charge is 2.36. The minimum Gasteiger partial charge on any atom is -0.435 e. The van der Waals surface area contributed by atoms with E-state index in [1.807, 2.05) is 36.4 Å². The topological polar surface area (TPSA) is 34.2 Å². The number of hydrogen-bond donors (Lipinski definition) is 0. The lowest BCUT2D eigenvalue weighted by atomic mass is 9.82. The lowest BCUT2D eigenvalue weighted by molar-refractivity contribution is 0.621. The monoisotopic (exact) mass is 769 g/mol. The number of nitrogens with zero attached hydrogens (tertiary/aromatic N) is 3. The molecule has 0 aliphatic heterocycles. The minimum absolute atomic E-state index is 0.120. The van der Waals surface area contributed by atoms with E-state index in [2.05, 4.69) is 187 Å². The van der Waals surface area contributed by atoms with E-state index in [-0.39, 0.29) is 5.41 Å². The van der Waals surface area contributed by atoms with Gasteiger partial charge in [0.05, 0.1) is 22.4 Å². The van der Waals surface area contributed by atoms with Crippen LogP contribution in [0.15, 0.2) is 205 Å². The van der Waals surface area contributed by atoms with Crippen LogP contribution in [0.5, 0.6) is 0 Å². The van der Waals surface area contributed by atoms with Gasteiger partial charge in [0.2, 0.25) is 5.89 Å². The second-order valence-electron chi connectivity index (χ2n) is 16.3. The predicted octanol–water partition coefficient (Wildman–Crippen LogP) is 15.2. The van der Waals surface area contributed by atoms with Crippen molar-refractivity contribution >= 4 is 60.7 Å². The smallest absolute Gasteiger partial charge is 0.227 e. The van der Waals surface area contributed by atoms with Crippen molar-refractivity contribution in [2.24, 2.45) is 0 Å². The molecule has 0 amide bonds. The maximum atomic E-state index is 6.71. The molecule has 0 unspecified atom stereocenters. The maximum Gasteiger partial charge on any atom is 0.227 e. The van der Waals surface area contributed by atoms with Gasteiger partial charge in [-0.15, -0.1) is 0 Å². The van der Waals surface area contributed by atoms with Crippen molar-refractivity contribution in [3.63, 3.8) is 0 Å². The van der Waals surface area contributed by atoms with Crippen LogP contribution in [0.25, 0.3) is 83.1 Å². The van der Waals surface area contributed by atoms with E-state index < -0.39 is 0 Å². The van der Waals surface area contributed by atoms with Gasteiger partial charge in [0.25, 0.3) is 0 Å². The largest absolute Gasteiger partial charge is 0.435 e. The molecule has 60 heavy (non-hydrogen) atoms. The summed E-state index contributed by atoms with van der Waals surface area (Å²) in [5.74, 6) is 0.609. The summed E-state index contributed by atoms with van der Waals surface area (Å²) in [5, 5.41) is 4.75. The molecule has 9 aromatic carbocycles. The summed E-state index contributed by atoms with van der Waals surface area (Å²) in [6.07, 6.45) is 0. The number of para-hydroxylation sites is 4. The molecule has 2 aromatic heterocycles. The molecule has 0 N–H and O–H groups in total. The zero-order chi connectivity index (χ0) is 40.0. The Labute approximate surface area is 348 Å². The number of hydrogen-bond acceptors (Lipinski definition) is 3. The van der Waals surface area contributed by atoms with Gasteiger partial charge in [-0.3, -0.25) is 0 Å². The van der Waals surface area contributed by atoms with Crippen LogP contribution in [0, 0.1) is 0 Å². The summed E-state index contributed by atoms with van der Waals surface area (Å²) in [6, 6.07) is 72.0. The second-order valence-corrected chi connectivity index (χ2v) is 16.3. The van der Waals surface area contributed by atoms with Crippen LogP contribution in [0.2, 0.25) is 0 Å². The fraction of sp³-hybridized carbons (Fsp3) is 0.0536. The zero-order valence-corrected chi connectivity index (χ0v) is 33.3. The standard InChI is InChI=1S/C56H39N3O/c1-56(2)46-28-14-11-24-41(46)45-35-39(32-33-47(45)56)58(49-30-15-12-25-42(49)43-27-17-29-48-54(43)60-55(57-48)36-18-5-3-6-19-36)51-34-37-20-9-10-23-40(37)53-52(51)44-26-13-16-31-50(44)59(53)38-21-7-4-8-22-38/h3-35H,1-2H3. The van der Waals surface area contributed by atoms with Gasteiger partial charge in [-0.25, -0.2) is 4.98 Å². The average molecular weight is 770 g/mol. The van der Waals surface area contributed by atoms with Crippen molar-refractivity contribution in [1.29, 1.82) is 0 Å². The Hall–Kier alpha value is -7.69. The second kappa shape index (κ2) is 13.2. The molecule has 0 bridgehead atoms. The van der Waals surface area contributed by atoms with E-state index in [9.17, 15) is 0 Å². The molecular weight excluding hydrogens is 731 g/mol. The normalized spacial score (nSPS) is 13.0. The average Bonchev–Trinajstić information content (AvgIpc) is 3.97. The number of anilines is 3. The number of aromatic nitrogens is 2. The van der Waals surface area contributed by atoms with Crippen molar-refractivity contribution in [2.75, 3.05) is 4.90 Å². The first-order chi connectivity index (χ1) is 29.5. The fourth-order valence-electron chi connectivity index (χ4n) is 9.85. The molecule has 0 spiro atoms. The highest BCUT2D eigenvalue weighted by Crippen LogP contribution is 2.53. The van der Waals surface area contributed by atoms with Crippen LogP contribution < -0.4 is 4.90 Å². The minimum atomic E-state index is -0.120. The predicted molar refractivity (Wildman–Crippen MR) is 249 cm³/mol. The first kappa shape index (κ1) is 34.4. The molecule has 1 aliphatic rings. The fourth-order valence-corrected chi connectivity index (χ4v) is 9.85. The van der Waals surface area contributed by atoms with Gasteiger partial charge in [-0.2, -0.15) is 0 Å². The van der Waals surface area contributed by atoms with E-state index >= 15 is 0 Å². The summed E-state index contributed by atoms with van der Waals surface area (Å²) in [5.41, 5.74) is 16.4. The van der Waals surface area contributed by atoms with Crippen molar-refractivity contribution in [3.05, 3.63) is 211 Å². The molecule has 4 heteroatoms. The number of benzene rings is 9. The third-order valence-corrected chi connectivity index (χ3v) is 12.6. The van der Waals surface area contributed by atoms with Crippen LogP contribution in [-0.4, -0.2) is 9.55 Å². The molecule has 284 valence electrons. The molecule has 0 radical (unpaired) electrons. The highest BCUT2D eigenvalue weighted by molar-refractivity contribution is 6.25. The van der Waals surface area contributed by atoms with Gasteiger partial charge in [0.15, 0.2) is 5.58 Å². The van der Waals surface area contributed by atoms with Gasteiger partial charge < -0.3 is 13.9 Å². The van der Waals surface area contributed by atoms with Crippen LogP contribution in [-0.2, 0) is 5.41 Å².